The lowest BCUT2D eigenvalue weighted by atomic mass is 9.46. The highest BCUT2D eigenvalue weighted by Crippen LogP contribution is 2.77. The Labute approximate surface area is 144 Å². The van der Waals surface area contributed by atoms with E-state index in [0.717, 1.165) is 25.7 Å². The summed E-state index contributed by atoms with van der Waals surface area (Å²) in [5.74, 6) is 2.39. The molecule has 0 spiro atoms. The summed E-state index contributed by atoms with van der Waals surface area (Å²) in [7, 11) is 0. The van der Waals surface area contributed by atoms with Crippen molar-refractivity contribution in [1.82, 2.24) is 0 Å². The summed E-state index contributed by atoms with van der Waals surface area (Å²) < 4.78 is 0. The van der Waals surface area contributed by atoms with Gasteiger partial charge in [0.2, 0.25) is 0 Å². The molecule has 5 aliphatic rings. The molecule has 2 bridgehead atoms. The first-order valence-corrected chi connectivity index (χ1v) is 9.58. The topological polar surface area (TPSA) is 34.1 Å². The first-order valence-electron chi connectivity index (χ1n) is 9.58. The molecular weight excluding hydrogens is 296 g/mol. The highest BCUT2D eigenvalue weighted by Gasteiger charge is 2.72. The molecule has 2 saturated carbocycles. The molecule has 0 heterocycles. The smallest absolute Gasteiger partial charge is 0.155 e. The van der Waals surface area contributed by atoms with E-state index in [-0.39, 0.29) is 16.2 Å². The van der Waals surface area contributed by atoms with Gasteiger partial charge in [-0.15, -0.1) is 0 Å². The molecule has 0 N–H and O–H groups in total. The standard InChI is InChI=1S/C22H26O2/c1-14(23)21-9-11-22(12-10-21)19-6-3-15-13-16(24)4-5-17(15)18(19)7-8-20(21,22)2/h3,6,9,11,13,17-19H,4-5,7-8,10,12H2,1-2H3/t17-,18+,19+,20+,21-,22?/m0/s1. The Kier molecular flexibility index (Phi) is 2.72. The van der Waals surface area contributed by atoms with Crippen LogP contribution in [-0.4, -0.2) is 11.6 Å². The first-order chi connectivity index (χ1) is 11.4. The van der Waals surface area contributed by atoms with Gasteiger partial charge in [-0.1, -0.05) is 31.2 Å². The minimum Gasteiger partial charge on any atom is -0.299 e. The van der Waals surface area contributed by atoms with E-state index in [1.54, 1.807) is 6.92 Å². The largest absolute Gasteiger partial charge is 0.299 e. The van der Waals surface area contributed by atoms with Gasteiger partial charge in [-0.25, -0.2) is 0 Å². The van der Waals surface area contributed by atoms with Crippen molar-refractivity contribution in [3.8, 4) is 0 Å². The van der Waals surface area contributed by atoms with E-state index in [0.29, 0.717) is 35.7 Å². The van der Waals surface area contributed by atoms with Gasteiger partial charge in [-0.2, -0.15) is 0 Å². The van der Waals surface area contributed by atoms with Crippen molar-refractivity contribution in [2.45, 2.75) is 52.4 Å². The molecule has 6 atom stereocenters. The third-order valence-electron chi connectivity index (χ3n) is 8.74. The molecule has 0 aromatic heterocycles. The van der Waals surface area contributed by atoms with Crippen LogP contribution in [0.2, 0.25) is 0 Å². The predicted molar refractivity (Wildman–Crippen MR) is 93.2 cm³/mol. The lowest BCUT2D eigenvalue weighted by Gasteiger charge is -2.57. The predicted octanol–water partition coefficient (Wildman–Crippen LogP) is 4.42. The van der Waals surface area contributed by atoms with Gasteiger partial charge in [0.05, 0.1) is 5.41 Å². The summed E-state index contributed by atoms with van der Waals surface area (Å²) in [6.07, 6.45) is 17.5. The molecule has 1 unspecified atom stereocenters. The van der Waals surface area contributed by atoms with Crippen LogP contribution in [0.5, 0.6) is 0 Å². The van der Waals surface area contributed by atoms with Crippen LogP contribution in [0.25, 0.3) is 0 Å². The second-order valence-corrected chi connectivity index (χ2v) is 9.08. The van der Waals surface area contributed by atoms with E-state index in [9.17, 15) is 9.59 Å². The Morgan fingerprint density at radius 2 is 2.00 bits per heavy atom. The summed E-state index contributed by atoms with van der Waals surface area (Å²) in [5, 5.41) is 0. The zero-order valence-electron chi connectivity index (χ0n) is 14.7. The lowest BCUT2D eigenvalue weighted by Crippen LogP contribution is -2.53. The molecule has 5 aliphatic carbocycles. The number of hydrogen-bond donors (Lipinski definition) is 0. The Hall–Kier alpha value is -1.44. The van der Waals surface area contributed by atoms with Crippen molar-refractivity contribution in [3.05, 3.63) is 36.0 Å². The molecule has 5 rings (SSSR count). The van der Waals surface area contributed by atoms with Gasteiger partial charge in [0, 0.05) is 11.8 Å². The zero-order valence-corrected chi connectivity index (χ0v) is 14.7. The van der Waals surface area contributed by atoms with E-state index in [1.807, 2.05) is 6.08 Å². The summed E-state index contributed by atoms with van der Waals surface area (Å²) >= 11 is 0. The summed E-state index contributed by atoms with van der Waals surface area (Å²) in [6.45, 7) is 4.19. The molecule has 0 radical (unpaired) electrons. The second kappa shape index (κ2) is 4.39. The van der Waals surface area contributed by atoms with Crippen LogP contribution < -0.4 is 0 Å². The van der Waals surface area contributed by atoms with Gasteiger partial charge >= 0.3 is 0 Å². The van der Waals surface area contributed by atoms with Crippen molar-refractivity contribution in [1.29, 1.82) is 0 Å². The monoisotopic (exact) mass is 322 g/mol. The number of allylic oxidation sites excluding steroid dienone is 6. The lowest BCUT2D eigenvalue weighted by molar-refractivity contribution is -0.134. The normalized spacial score (nSPS) is 51.0. The van der Waals surface area contributed by atoms with E-state index in [1.165, 1.54) is 12.0 Å². The van der Waals surface area contributed by atoms with Crippen LogP contribution in [0.15, 0.2) is 36.0 Å². The van der Waals surface area contributed by atoms with Crippen LogP contribution in [0, 0.1) is 34.0 Å². The Balaban J connectivity index is 1.62. The maximum absolute atomic E-state index is 12.6. The molecule has 0 amide bonds. The number of rotatable bonds is 1. The third-order valence-corrected chi connectivity index (χ3v) is 8.74. The fourth-order valence-electron chi connectivity index (χ4n) is 7.44. The average molecular weight is 322 g/mol. The number of ketones is 2. The number of fused-ring (bicyclic) bond motifs is 3. The molecule has 0 saturated heterocycles. The maximum atomic E-state index is 12.6. The highest BCUT2D eigenvalue weighted by atomic mass is 16.1. The minimum atomic E-state index is -0.218. The molecular formula is C22H26O2. The van der Waals surface area contributed by atoms with Crippen LogP contribution in [0.3, 0.4) is 0 Å². The van der Waals surface area contributed by atoms with Gasteiger partial charge in [0.1, 0.15) is 5.78 Å². The second-order valence-electron chi connectivity index (χ2n) is 9.08. The third kappa shape index (κ3) is 1.41. The molecule has 0 aliphatic heterocycles. The quantitative estimate of drug-likeness (QED) is 0.670. The van der Waals surface area contributed by atoms with Gasteiger partial charge in [-0.05, 0) is 73.8 Å². The van der Waals surface area contributed by atoms with Gasteiger partial charge in [-0.3, -0.25) is 9.59 Å². The number of carbonyl (C=O) groups is 2. The van der Waals surface area contributed by atoms with Crippen molar-refractivity contribution in [2.24, 2.45) is 34.0 Å². The van der Waals surface area contributed by atoms with Crippen LogP contribution in [0.1, 0.15) is 52.4 Å². The number of hydrogen-bond acceptors (Lipinski definition) is 2. The SMILES string of the molecule is CC(=O)[C@]12C=CC3(CC1)[C@@H]1C=CC4=CC(=O)CC[C@@H]4[C@H]1CC[C@@]32C. The number of carbonyl (C=O) groups excluding carboxylic acids is 2. The van der Waals surface area contributed by atoms with Crippen molar-refractivity contribution >= 4 is 11.6 Å². The Bertz CT molecular complexity index is 741. The van der Waals surface area contributed by atoms with Gasteiger partial charge < -0.3 is 0 Å². The Morgan fingerprint density at radius 3 is 2.71 bits per heavy atom. The van der Waals surface area contributed by atoms with Crippen LogP contribution in [-0.2, 0) is 9.59 Å². The molecule has 2 heteroatoms. The maximum Gasteiger partial charge on any atom is 0.155 e. The molecule has 2 nitrogen and oxygen atoms in total. The summed E-state index contributed by atoms with van der Waals surface area (Å²) in [4.78, 5) is 24.4. The number of Topliss-reactive ketones (excluding diaryl/α,β-unsaturated/α-hetero) is 1. The summed E-state index contributed by atoms with van der Waals surface area (Å²) in [5.41, 5.74) is 1.30. The molecule has 0 aromatic carbocycles. The van der Waals surface area contributed by atoms with E-state index >= 15 is 0 Å². The van der Waals surface area contributed by atoms with Crippen molar-refractivity contribution in [2.75, 3.05) is 0 Å². The Morgan fingerprint density at radius 1 is 1.17 bits per heavy atom. The fourth-order valence-corrected chi connectivity index (χ4v) is 7.44. The van der Waals surface area contributed by atoms with E-state index < -0.39 is 0 Å². The first kappa shape index (κ1) is 14.9. The average Bonchev–Trinajstić information content (AvgIpc) is 2.99. The molecule has 2 fully saturated rings. The van der Waals surface area contributed by atoms with Crippen molar-refractivity contribution < 1.29 is 9.59 Å². The van der Waals surface area contributed by atoms with Crippen LogP contribution >= 0.6 is 0 Å². The van der Waals surface area contributed by atoms with Crippen molar-refractivity contribution in [3.63, 3.8) is 0 Å². The van der Waals surface area contributed by atoms with E-state index in [2.05, 4.69) is 31.2 Å². The van der Waals surface area contributed by atoms with Gasteiger partial charge in [0.25, 0.3) is 0 Å². The van der Waals surface area contributed by atoms with Gasteiger partial charge in [0.15, 0.2) is 5.78 Å². The molecule has 126 valence electrons. The summed E-state index contributed by atoms with van der Waals surface area (Å²) in [6, 6.07) is 0. The highest BCUT2D eigenvalue weighted by molar-refractivity contribution is 5.92. The van der Waals surface area contributed by atoms with E-state index in [4.69, 9.17) is 0 Å². The molecule has 0 aromatic rings. The fraction of sp³-hybridized carbons (Fsp3) is 0.636. The molecule has 24 heavy (non-hydrogen) atoms. The zero-order chi connectivity index (χ0) is 16.7. The van der Waals surface area contributed by atoms with Crippen LogP contribution in [0.4, 0.5) is 0 Å². The minimum absolute atomic E-state index is 0.0864.